The zero-order valence-corrected chi connectivity index (χ0v) is 16.8. The first-order valence-corrected chi connectivity index (χ1v) is 10.3. The summed E-state index contributed by atoms with van der Waals surface area (Å²) in [6.07, 6.45) is 1.16. The summed E-state index contributed by atoms with van der Waals surface area (Å²) in [6, 6.07) is 15.6. The summed E-state index contributed by atoms with van der Waals surface area (Å²) < 4.78 is 29.1. The molecule has 3 rings (SSSR count). The summed E-state index contributed by atoms with van der Waals surface area (Å²) in [4.78, 5) is 16.5. The Bertz CT molecular complexity index is 1100. The van der Waals surface area contributed by atoms with Gasteiger partial charge in [0.15, 0.2) is 5.03 Å². The van der Waals surface area contributed by atoms with Crippen molar-refractivity contribution in [1.82, 2.24) is 14.9 Å². The summed E-state index contributed by atoms with van der Waals surface area (Å²) >= 11 is 5.83. The highest BCUT2D eigenvalue weighted by Gasteiger charge is 2.23. The van der Waals surface area contributed by atoms with Gasteiger partial charge >= 0.3 is 0 Å². The van der Waals surface area contributed by atoms with Crippen LogP contribution in [0.25, 0.3) is 0 Å². The third-order valence-corrected chi connectivity index (χ3v) is 6.00. The molecule has 0 saturated carbocycles. The van der Waals surface area contributed by atoms with Gasteiger partial charge in [-0.3, -0.25) is 9.52 Å². The number of halogens is 1. The Hall–Kier alpha value is -2.84. The molecule has 0 radical (unpaired) electrons. The Labute approximate surface area is 168 Å². The SMILES string of the molecule is C[C@@H](NC(=O)c1ccccc1NS(=O)(=O)c1cnc(Cl)n1C)c1ccccc1. The number of aromatic nitrogens is 2. The molecule has 146 valence electrons. The van der Waals surface area contributed by atoms with Gasteiger partial charge in [0.05, 0.1) is 23.5 Å². The van der Waals surface area contributed by atoms with Crippen molar-refractivity contribution in [1.29, 1.82) is 0 Å². The molecule has 2 N–H and O–H groups in total. The van der Waals surface area contributed by atoms with Crippen LogP contribution in [0, 0.1) is 0 Å². The zero-order chi connectivity index (χ0) is 20.3. The number of anilines is 1. The molecule has 2 aromatic carbocycles. The van der Waals surface area contributed by atoms with Gasteiger partial charge in [-0.25, -0.2) is 4.98 Å². The van der Waals surface area contributed by atoms with Crippen LogP contribution in [-0.4, -0.2) is 23.9 Å². The lowest BCUT2D eigenvalue weighted by Crippen LogP contribution is -2.28. The number of carbonyl (C=O) groups excluding carboxylic acids is 1. The summed E-state index contributed by atoms with van der Waals surface area (Å²) in [5.74, 6) is -0.391. The van der Waals surface area contributed by atoms with Crippen molar-refractivity contribution in [3.8, 4) is 0 Å². The van der Waals surface area contributed by atoms with Crippen LogP contribution in [0.4, 0.5) is 5.69 Å². The second-order valence-electron chi connectivity index (χ2n) is 6.18. The van der Waals surface area contributed by atoms with Crippen molar-refractivity contribution in [3.05, 3.63) is 77.2 Å². The summed E-state index contributed by atoms with van der Waals surface area (Å²) in [5, 5.41) is 2.82. The van der Waals surface area contributed by atoms with Gasteiger partial charge in [-0.05, 0) is 36.2 Å². The molecular weight excluding hydrogens is 400 g/mol. The average Bonchev–Trinajstić information content (AvgIpc) is 3.02. The standard InChI is InChI=1S/C19H19ClN4O3S/c1-13(14-8-4-3-5-9-14)22-18(25)15-10-6-7-11-16(15)23-28(26,27)17-12-21-19(20)24(17)2/h3-13,23H,1-2H3,(H,22,25)/t13-/m1/s1. The summed E-state index contributed by atoms with van der Waals surface area (Å²) in [5.41, 5.74) is 1.32. The van der Waals surface area contributed by atoms with Gasteiger partial charge in [0.2, 0.25) is 5.28 Å². The molecule has 0 aliphatic heterocycles. The monoisotopic (exact) mass is 418 g/mol. The van der Waals surface area contributed by atoms with E-state index in [4.69, 9.17) is 11.6 Å². The average molecular weight is 419 g/mol. The number of hydrogen-bond acceptors (Lipinski definition) is 4. The zero-order valence-electron chi connectivity index (χ0n) is 15.3. The van der Waals surface area contributed by atoms with Crippen LogP contribution in [-0.2, 0) is 17.1 Å². The van der Waals surface area contributed by atoms with Crippen molar-refractivity contribution in [2.75, 3.05) is 4.72 Å². The van der Waals surface area contributed by atoms with Crippen molar-refractivity contribution < 1.29 is 13.2 Å². The lowest BCUT2D eigenvalue weighted by Gasteiger charge is -2.17. The molecule has 28 heavy (non-hydrogen) atoms. The van der Waals surface area contributed by atoms with E-state index in [1.54, 1.807) is 18.2 Å². The van der Waals surface area contributed by atoms with E-state index in [0.717, 1.165) is 11.8 Å². The molecule has 9 heteroatoms. The maximum Gasteiger partial charge on any atom is 0.279 e. The van der Waals surface area contributed by atoms with Gasteiger partial charge in [0.25, 0.3) is 15.9 Å². The van der Waals surface area contributed by atoms with E-state index in [9.17, 15) is 13.2 Å². The van der Waals surface area contributed by atoms with E-state index in [0.29, 0.717) is 0 Å². The Morgan fingerprint density at radius 1 is 1.11 bits per heavy atom. The number of carbonyl (C=O) groups is 1. The lowest BCUT2D eigenvalue weighted by atomic mass is 10.1. The Balaban J connectivity index is 1.85. The fraction of sp³-hybridized carbons (Fsp3) is 0.158. The van der Waals surface area contributed by atoms with Crippen molar-refractivity contribution in [2.24, 2.45) is 7.05 Å². The maximum atomic E-state index is 12.8. The second-order valence-corrected chi connectivity index (χ2v) is 8.15. The second kappa shape index (κ2) is 8.04. The smallest absolute Gasteiger partial charge is 0.279 e. The molecule has 1 aromatic heterocycles. The molecule has 0 aliphatic rings. The van der Waals surface area contributed by atoms with Crippen LogP contribution < -0.4 is 10.0 Å². The third-order valence-electron chi connectivity index (χ3n) is 4.23. The van der Waals surface area contributed by atoms with Crippen molar-refractivity contribution >= 4 is 33.2 Å². The highest BCUT2D eigenvalue weighted by molar-refractivity contribution is 7.92. The number of sulfonamides is 1. The molecule has 0 saturated heterocycles. The van der Waals surface area contributed by atoms with Gasteiger partial charge in [-0.15, -0.1) is 0 Å². The van der Waals surface area contributed by atoms with Crippen LogP contribution >= 0.6 is 11.6 Å². The lowest BCUT2D eigenvalue weighted by molar-refractivity contribution is 0.0941. The van der Waals surface area contributed by atoms with E-state index in [1.807, 2.05) is 37.3 Å². The Kier molecular flexibility index (Phi) is 5.71. The molecule has 1 amide bonds. The van der Waals surface area contributed by atoms with E-state index < -0.39 is 15.9 Å². The molecule has 0 aliphatic carbocycles. The minimum absolute atomic E-state index is 0.0445. The van der Waals surface area contributed by atoms with Gasteiger partial charge in [-0.1, -0.05) is 42.5 Å². The Morgan fingerprint density at radius 2 is 1.75 bits per heavy atom. The van der Waals surface area contributed by atoms with Crippen LogP contribution in [0.3, 0.4) is 0 Å². The third kappa shape index (κ3) is 4.18. The Morgan fingerprint density at radius 3 is 2.39 bits per heavy atom. The maximum absolute atomic E-state index is 12.8. The molecule has 0 bridgehead atoms. The van der Waals surface area contributed by atoms with Crippen LogP contribution in [0.1, 0.15) is 28.9 Å². The number of nitrogens with zero attached hydrogens (tertiary/aromatic N) is 2. The topological polar surface area (TPSA) is 93.1 Å². The molecule has 1 atom stereocenters. The van der Waals surface area contributed by atoms with E-state index >= 15 is 0 Å². The van der Waals surface area contributed by atoms with Crippen LogP contribution in [0.15, 0.2) is 65.8 Å². The van der Waals surface area contributed by atoms with Gasteiger partial charge in [-0.2, -0.15) is 8.42 Å². The minimum atomic E-state index is -3.97. The number of amides is 1. The highest BCUT2D eigenvalue weighted by Crippen LogP contribution is 2.22. The number of hydrogen-bond donors (Lipinski definition) is 2. The normalized spacial score (nSPS) is 12.4. The quantitative estimate of drug-likeness (QED) is 0.641. The molecule has 3 aromatic rings. The molecule has 0 spiro atoms. The van der Waals surface area contributed by atoms with Gasteiger partial charge in [0.1, 0.15) is 0 Å². The molecule has 1 heterocycles. The van der Waals surface area contributed by atoms with Crippen molar-refractivity contribution in [3.63, 3.8) is 0 Å². The number of rotatable bonds is 6. The van der Waals surface area contributed by atoms with Crippen LogP contribution in [0.2, 0.25) is 5.28 Å². The molecule has 0 fully saturated rings. The molecule has 0 unspecified atom stereocenters. The number of para-hydroxylation sites is 1. The predicted molar refractivity (Wildman–Crippen MR) is 108 cm³/mol. The van der Waals surface area contributed by atoms with E-state index in [-0.39, 0.29) is 27.6 Å². The fourth-order valence-electron chi connectivity index (χ4n) is 2.69. The first-order chi connectivity index (χ1) is 13.3. The van der Waals surface area contributed by atoms with Crippen molar-refractivity contribution in [2.45, 2.75) is 18.0 Å². The van der Waals surface area contributed by atoms with E-state index in [1.165, 1.54) is 17.7 Å². The molecule has 7 nitrogen and oxygen atoms in total. The van der Waals surface area contributed by atoms with Gasteiger partial charge < -0.3 is 9.88 Å². The fourth-order valence-corrected chi connectivity index (χ4v) is 4.09. The predicted octanol–water partition coefficient (Wildman–Crippen LogP) is 3.37. The number of nitrogens with one attached hydrogen (secondary N) is 2. The first kappa shape index (κ1) is 19.9. The summed E-state index contributed by atoms with van der Waals surface area (Å²) in [6.45, 7) is 1.86. The van der Waals surface area contributed by atoms with Gasteiger partial charge in [0, 0.05) is 7.05 Å². The first-order valence-electron chi connectivity index (χ1n) is 8.44. The number of benzene rings is 2. The minimum Gasteiger partial charge on any atom is -0.345 e. The summed E-state index contributed by atoms with van der Waals surface area (Å²) in [7, 11) is -2.48. The van der Waals surface area contributed by atoms with E-state index in [2.05, 4.69) is 15.0 Å². The highest BCUT2D eigenvalue weighted by atomic mass is 35.5. The molecular formula is C19H19ClN4O3S. The largest absolute Gasteiger partial charge is 0.345 e. The van der Waals surface area contributed by atoms with Crippen LogP contribution in [0.5, 0.6) is 0 Å². The number of imidazole rings is 1.